The van der Waals surface area contributed by atoms with Crippen molar-refractivity contribution in [2.45, 2.75) is 40.4 Å². The molecule has 1 fully saturated rings. The molecule has 2 aromatic heterocycles. The number of nitrogens with zero attached hydrogens (tertiary/aromatic N) is 6. The van der Waals surface area contributed by atoms with Gasteiger partial charge < -0.3 is 19.3 Å². The van der Waals surface area contributed by atoms with E-state index < -0.39 is 0 Å². The Labute approximate surface area is 184 Å². The molecule has 2 aromatic rings. The maximum absolute atomic E-state index is 4.92. The number of piperazine rings is 1. The number of aromatic nitrogens is 3. The van der Waals surface area contributed by atoms with Gasteiger partial charge in [-0.2, -0.15) is 0 Å². The second kappa shape index (κ2) is 11.4. The van der Waals surface area contributed by atoms with Gasteiger partial charge in [-0.15, -0.1) is 24.0 Å². The van der Waals surface area contributed by atoms with Gasteiger partial charge in [-0.05, 0) is 12.8 Å². The molecule has 0 spiro atoms. The highest BCUT2D eigenvalue weighted by Gasteiger charge is 2.20. The number of imidazole rings is 1. The number of hydrogen-bond donors (Lipinski definition) is 1. The van der Waals surface area contributed by atoms with E-state index in [9.17, 15) is 0 Å². The maximum Gasteiger partial charge on any atom is 0.194 e. The van der Waals surface area contributed by atoms with E-state index in [0.29, 0.717) is 12.5 Å². The van der Waals surface area contributed by atoms with Crippen LogP contribution in [0.2, 0.25) is 0 Å². The minimum Gasteiger partial charge on any atom is -0.364 e. The number of nitrogens with one attached hydrogen (secondary N) is 1. The highest BCUT2D eigenvalue weighted by atomic mass is 127. The molecular weight excluding hydrogens is 469 g/mol. The predicted molar refractivity (Wildman–Crippen MR) is 121 cm³/mol. The second-order valence-corrected chi connectivity index (χ2v) is 7.31. The lowest BCUT2D eigenvalue weighted by Crippen LogP contribution is -2.52. The van der Waals surface area contributed by atoms with Crippen LogP contribution in [0, 0.1) is 5.92 Å². The summed E-state index contributed by atoms with van der Waals surface area (Å²) in [5.41, 5.74) is 0.987. The van der Waals surface area contributed by atoms with Crippen LogP contribution in [0.3, 0.4) is 0 Å². The van der Waals surface area contributed by atoms with Crippen LogP contribution in [0.15, 0.2) is 34.2 Å². The predicted octanol–water partition coefficient (Wildman–Crippen LogP) is 2.43. The highest BCUT2D eigenvalue weighted by molar-refractivity contribution is 14.0. The van der Waals surface area contributed by atoms with Gasteiger partial charge in [0.25, 0.3) is 0 Å². The van der Waals surface area contributed by atoms with E-state index in [4.69, 9.17) is 9.52 Å². The zero-order chi connectivity index (χ0) is 19.1. The lowest BCUT2D eigenvalue weighted by molar-refractivity contribution is 0.169. The fraction of sp³-hybridized carbons (Fsp3) is 0.632. The van der Waals surface area contributed by atoms with E-state index in [1.54, 1.807) is 6.26 Å². The first kappa shape index (κ1) is 22.7. The van der Waals surface area contributed by atoms with Crippen molar-refractivity contribution in [1.82, 2.24) is 29.8 Å². The third-order valence-electron chi connectivity index (χ3n) is 4.62. The molecule has 0 atom stereocenters. The van der Waals surface area contributed by atoms with Gasteiger partial charge in [0, 0.05) is 64.3 Å². The van der Waals surface area contributed by atoms with E-state index in [0.717, 1.165) is 63.3 Å². The van der Waals surface area contributed by atoms with Crippen LogP contribution in [0.25, 0.3) is 0 Å². The minimum atomic E-state index is 0. The Balaban J connectivity index is 0.00000280. The molecule has 0 bridgehead atoms. The van der Waals surface area contributed by atoms with Gasteiger partial charge in [-0.3, -0.25) is 4.90 Å². The normalized spacial score (nSPS) is 15.7. The second-order valence-electron chi connectivity index (χ2n) is 7.31. The summed E-state index contributed by atoms with van der Waals surface area (Å²) in [6.07, 6.45) is 5.54. The van der Waals surface area contributed by atoms with Gasteiger partial charge in [0.05, 0.1) is 5.69 Å². The molecule has 9 heteroatoms. The molecule has 1 aliphatic rings. The Bertz CT molecular complexity index is 706. The topological polar surface area (TPSA) is 74.7 Å². The van der Waals surface area contributed by atoms with E-state index in [-0.39, 0.29) is 24.0 Å². The standard InChI is InChI=1S/C19H31N7O.HI/c1-4-20-19(22-13-18-21-6-7-26(18)14-16(2)3)25-10-8-24(9-11-25)15-17-5-12-27-23-17;/h5-7,12,16H,4,8-11,13-15H2,1-3H3,(H,20,22);1H. The number of rotatable bonds is 7. The summed E-state index contributed by atoms with van der Waals surface area (Å²) in [5, 5.41) is 7.43. The third-order valence-corrected chi connectivity index (χ3v) is 4.62. The molecule has 0 aromatic carbocycles. The van der Waals surface area contributed by atoms with Crippen LogP contribution < -0.4 is 5.32 Å². The van der Waals surface area contributed by atoms with E-state index in [1.807, 2.05) is 18.5 Å². The molecule has 1 N–H and O–H groups in total. The van der Waals surface area contributed by atoms with Crippen LogP contribution in [0.4, 0.5) is 0 Å². The number of hydrogen-bond acceptors (Lipinski definition) is 5. The Morgan fingerprint density at radius 1 is 1.29 bits per heavy atom. The van der Waals surface area contributed by atoms with Crippen molar-refractivity contribution in [3.8, 4) is 0 Å². The smallest absolute Gasteiger partial charge is 0.194 e. The summed E-state index contributed by atoms with van der Waals surface area (Å²) in [5.74, 6) is 2.58. The molecule has 3 heterocycles. The van der Waals surface area contributed by atoms with Crippen LogP contribution in [0.5, 0.6) is 0 Å². The lowest BCUT2D eigenvalue weighted by atomic mass is 10.2. The highest BCUT2D eigenvalue weighted by Crippen LogP contribution is 2.09. The number of aliphatic imine (C=N–C) groups is 1. The molecule has 28 heavy (non-hydrogen) atoms. The molecular formula is C19H32IN7O. The molecule has 8 nitrogen and oxygen atoms in total. The maximum atomic E-state index is 4.92. The SMILES string of the molecule is CCNC(=NCc1nccn1CC(C)C)N1CCN(Cc2ccon2)CC1.I. The molecule has 0 amide bonds. The Morgan fingerprint density at radius 2 is 2.07 bits per heavy atom. The molecule has 0 radical (unpaired) electrons. The summed E-state index contributed by atoms with van der Waals surface area (Å²) in [6.45, 7) is 13.7. The fourth-order valence-electron chi connectivity index (χ4n) is 3.29. The van der Waals surface area contributed by atoms with E-state index in [1.165, 1.54) is 0 Å². The van der Waals surface area contributed by atoms with Gasteiger partial charge in [0.1, 0.15) is 18.6 Å². The van der Waals surface area contributed by atoms with Crippen molar-refractivity contribution in [1.29, 1.82) is 0 Å². The van der Waals surface area contributed by atoms with Crippen molar-refractivity contribution < 1.29 is 4.52 Å². The fourth-order valence-corrected chi connectivity index (χ4v) is 3.29. The first-order chi connectivity index (χ1) is 13.2. The van der Waals surface area contributed by atoms with Crippen LogP contribution in [-0.2, 0) is 19.6 Å². The summed E-state index contributed by atoms with van der Waals surface area (Å²) >= 11 is 0. The number of guanidine groups is 1. The molecule has 1 aliphatic heterocycles. The molecule has 0 aliphatic carbocycles. The average Bonchev–Trinajstić information content (AvgIpc) is 3.31. The molecule has 0 unspecified atom stereocenters. The summed E-state index contributed by atoms with van der Waals surface area (Å²) in [7, 11) is 0. The van der Waals surface area contributed by atoms with E-state index in [2.05, 4.69) is 50.6 Å². The summed E-state index contributed by atoms with van der Waals surface area (Å²) in [6, 6.07) is 1.93. The Morgan fingerprint density at radius 3 is 2.71 bits per heavy atom. The first-order valence-electron chi connectivity index (χ1n) is 9.80. The molecule has 156 valence electrons. The molecule has 1 saturated heterocycles. The lowest BCUT2D eigenvalue weighted by Gasteiger charge is -2.36. The minimum absolute atomic E-state index is 0. The van der Waals surface area contributed by atoms with Crippen LogP contribution in [0.1, 0.15) is 32.3 Å². The van der Waals surface area contributed by atoms with E-state index >= 15 is 0 Å². The first-order valence-corrected chi connectivity index (χ1v) is 9.80. The van der Waals surface area contributed by atoms with Crippen LogP contribution in [-0.4, -0.2) is 63.2 Å². The van der Waals surface area contributed by atoms with Gasteiger partial charge in [0.15, 0.2) is 5.96 Å². The molecule has 3 rings (SSSR count). The zero-order valence-corrected chi connectivity index (χ0v) is 19.4. The van der Waals surface area contributed by atoms with Gasteiger partial charge >= 0.3 is 0 Å². The van der Waals surface area contributed by atoms with Crippen molar-refractivity contribution in [3.05, 3.63) is 36.2 Å². The van der Waals surface area contributed by atoms with Crippen LogP contribution >= 0.6 is 24.0 Å². The summed E-state index contributed by atoms with van der Waals surface area (Å²) in [4.78, 5) is 14.1. The van der Waals surface area contributed by atoms with Gasteiger partial charge in [-0.1, -0.05) is 19.0 Å². The van der Waals surface area contributed by atoms with Crippen molar-refractivity contribution in [3.63, 3.8) is 0 Å². The Kier molecular flexibility index (Phi) is 9.23. The summed E-state index contributed by atoms with van der Waals surface area (Å²) < 4.78 is 7.13. The Hall–Kier alpha value is -1.62. The van der Waals surface area contributed by atoms with Crippen molar-refractivity contribution in [2.24, 2.45) is 10.9 Å². The zero-order valence-electron chi connectivity index (χ0n) is 17.0. The van der Waals surface area contributed by atoms with Gasteiger partial charge in [-0.25, -0.2) is 9.98 Å². The monoisotopic (exact) mass is 501 g/mol. The number of halogens is 1. The molecule has 0 saturated carbocycles. The third kappa shape index (κ3) is 6.47. The quantitative estimate of drug-likeness (QED) is 0.357. The average molecular weight is 501 g/mol. The largest absolute Gasteiger partial charge is 0.364 e. The van der Waals surface area contributed by atoms with Gasteiger partial charge in [0.2, 0.25) is 0 Å². The van der Waals surface area contributed by atoms with Crippen molar-refractivity contribution in [2.75, 3.05) is 32.7 Å². The van der Waals surface area contributed by atoms with Crippen molar-refractivity contribution >= 4 is 29.9 Å².